The van der Waals surface area contributed by atoms with Crippen LogP contribution in [0.3, 0.4) is 0 Å². The molecule has 0 saturated carbocycles. The Morgan fingerprint density at radius 1 is 1.18 bits per heavy atom. The molecule has 5 heterocycles. The van der Waals surface area contributed by atoms with Crippen molar-refractivity contribution in [3.8, 4) is 5.75 Å². The van der Waals surface area contributed by atoms with E-state index in [0.717, 1.165) is 71.6 Å². The van der Waals surface area contributed by atoms with E-state index in [1.54, 1.807) is 42.3 Å². The molecule has 0 unspecified atom stereocenters. The number of aromatic nitrogens is 4. The minimum Gasteiger partial charge on any atom is -0.486 e. The molecule has 1 fully saturated rings. The first-order chi connectivity index (χ1) is 19.6. The van der Waals surface area contributed by atoms with Gasteiger partial charge >= 0.3 is 0 Å². The summed E-state index contributed by atoms with van der Waals surface area (Å²) in [5, 5.41) is 4.88. The molecule has 40 heavy (non-hydrogen) atoms. The zero-order valence-corrected chi connectivity index (χ0v) is 23.3. The quantitative estimate of drug-likeness (QED) is 0.308. The molecule has 12 heteroatoms. The van der Waals surface area contributed by atoms with Crippen LogP contribution in [0.25, 0.3) is 10.2 Å². The minimum absolute atomic E-state index is 0.0389. The van der Waals surface area contributed by atoms with Crippen LogP contribution in [0.2, 0.25) is 5.02 Å². The number of hydrogen-bond donors (Lipinski definition) is 1. The van der Waals surface area contributed by atoms with Crippen LogP contribution in [0.4, 0.5) is 11.5 Å². The molecule has 0 atom stereocenters. The Kier molecular flexibility index (Phi) is 8.14. The van der Waals surface area contributed by atoms with Gasteiger partial charge in [-0.2, -0.15) is 0 Å². The molecule has 1 saturated heterocycles. The predicted octanol–water partition coefficient (Wildman–Crippen LogP) is 4.23. The first kappa shape index (κ1) is 26.6. The van der Waals surface area contributed by atoms with Crippen molar-refractivity contribution in [2.75, 3.05) is 44.7 Å². The molecule has 0 spiro atoms. The largest absolute Gasteiger partial charge is 0.486 e. The maximum Gasteiger partial charge on any atom is 0.246 e. The van der Waals surface area contributed by atoms with E-state index in [0.29, 0.717) is 23.9 Å². The molecule has 0 bridgehead atoms. The third-order valence-electron chi connectivity index (χ3n) is 6.86. The lowest BCUT2D eigenvalue weighted by Crippen LogP contribution is -2.37. The summed E-state index contributed by atoms with van der Waals surface area (Å²) in [5.41, 5.74) is 2.70. The Hall–Kier alpha value is -3.64. The molecule has 1 amide bonds. The molecule has 4 aromatic rings. The van der Waals surface area contributed by atoms with Gasteiger partial charge in [0.1, 0.15) is 29.3 Å². The number of hydrogen-bond acceptors (Lipinski definition) is 10. The number of halogens is 1. The highest BCUT2D eigenvalue weighted by molar-refractivity contribution is 7.19. The Labute approximate surface area is 240 Å². The molecule has 1 aromatic carbocycles. The van der Waals surface area contributed by atoms with Gasteiger partial charge in [-0.3, -0.25) is 19.7 Å². The average molecular weight is 578 g/mol. The van der Waals surface area contributed by atoms with Crippen LogP contribution >= 0.6 is 22.9 Å². The van der Waals surface area contributed by atoms with Gasteiger partial charge in [-0.15, -0.1) is 11.3 Å². The number of nitrogens with zero attached hydrogens (tertiary/aromatic N) is 6. The zero-order chi connectivity index (χ0) is 27.3. The number of thiophene rings is 1. The maximum atomic E-state index is 12.9. The van der Waals surface area contributed by atoms with Gasteiger partial charge in [0.25, 0.3) is 0 Å². The lowest BCUT2D eigenvalue weighted by Gasteiger charge is -2.27. The van der Waals surface area contributed by atoms with Crippen molar-refractivity contribution in [1.82, 2.24) is 29.7 Å². The van der Waals surface area contributed by atoms with Gasteiger partial charge < -0.3 is 19.7 Å². The molecule has 2 aliphatic heterocycles. The summed E-state index contributed by atoms with van der Waals surface area (Å²) in [6.45, 7) is 5.56. The van der Waals surface area contributed by atoms with E-state index in [2.05, 4.69) is 30.2 Å². The van der Waals surface area contributed by atoms with Gasteiger partial charge in [-0.1, -0.05) is 17.7 Å². The third-order valence-corrected chi connectivity index (χ3v) is 8.28. The number of amides is 1. The predicted molar refractivity (Wildman–Crippen MR) is 154 cm³/mol. The highest BCUT2D eigenvalue weighted by atomic mass is 35.5. The van der Waals surface area contributed by atoms with E-state index in [9.17, 15) is 4.79 Å². The normalized spacial score (nSPS) is 15.9. The van der Waals surface area contributed by atoms with Crippen molar-refractivity contribution >= 4 is 50.6 Å². The van der Waals surface area contributed by atoms with Crippen molar-refractivity contribution < 1.29 is 14.3 Å². The van der Waals surface area contributed by atoms with Gasteiger partial charge in [-0.25, -0.2) is 9.97 Å². The SMILES string of the molecule is O=C(/C=C/CN1CCOCC1)N1CCc2c(sc3ncnc(Nc4ccc(OCc5cnccn5)c(Cl)c4)c23)C1. The summed E-state index contributed by atoms with van der Waals surface area (Å²) in [4.78, 5) is 36.4. The van der Waals surface area contributed by atoms with Crippen LogP contribution in [0.1, 0.15) is 16.1 Å². The van der Waals surface area contributed by atoms with Gasteiger partial charge in [-0.05, 0) is 30.2 Å². The number of fused-ring (bicyclic) bond motifs is 3. The first-order valence-corrected chi connectivity index (χ1v) is 14.3. The number of nitrogens with one attached hydrogen (secondary N) is 1. The first-order valence-electron chi connectivity index (χ1n) is 13.1. The molecular formula is C28H28ClN7O3S. The summed E-state index contributed by atoms with van der Waals surface area (Å²) >= 11 is 8.13. The summed E-state index contributed by atoms with van der Waals surface area (Å²) in [6.07, 6.45) is 10.9. The Morgan fingerprint density at radius 3 is 2.90 bits per heavy atom. The number of ether oxygens (including phenoxy) is 2. The molecule has 0 aliphatic carbocycles. The summed E-state index contributed by atoms with van der Waals surface area (Å²) in [7, 11) is 0. The van der Waals surface area contributed by atoms with Crippen LogP contribution in [0.15, 0.2) is 55.3 Å². The summed E-state index contributed by atoms with van der Waals surface area (Å²) in [6, 6.07) is 5.52. The van der Waals surface area contributed by atoms with Gasteiger partial charge in [0.05, 0.1) is 42.1 Å². The number of carbonyl (C=O) groups excluding carboxylic acids is 1. The maximum absolute atomic E-state index is 12.9. The van der Waals surface area contributed by atoms with Crippen molar-refractivity contribution in [3.05, 3.63) is 76.4 Å². The van der Waals surface area contributed by atoms with Crippen molar-refractivity contribution in [2.45, 2.75) is 19.6 Å². The van der Waals surface area contributed by atoms with Crippen LogP contribution in [-0.2, 0) is 29.1 Å². The fourth-order valence-electron chi connectivity index (χ4n) is 4.79. The zero-order valence-electron chi connectivity index (χ0n) is 21.8. The molecule has 2 aliphatic rings. The number of anilines is 2. The molecular weight excluding hydrogens is 550 g/mol. The van der Waals surface area contributed by atoms with E-state index in [4.69, 9.17) is 21.1 Å². The standard InChI is InChI=1S/C28H28ClN7O3S/c29-22-14-19(3-4-23(22)39-17-20-15-30-6-7-31-20)34-27-26-21-5-9-36(16-24(21)40-28(26)33-18-32-27)25(37)2-1-8-35-10-12-38-13-11-35/h1-4,6-7,14-15,18H,5,8-13,16-17H2,(H,32,33,34)/b2-1+. The molecule has 206 valence electrons. The molecule has 1 N–H and O–H groups in total. The summed E-state index contributed by atoms with van der Waals surface area (Å²) in [5.74, 6) is 1.32. The molecule has 6 rings (SSSR count). The van der Waals surface area contributed by atoms with Gasteiger partial charge in [0.2, 0.25) is 5.91 Å². The van der Waals surface area contributed by atoms with E-state index in [1.165, 1.54) is 5.56 Å². The lowest BCUT2D eigenvalue weighted by molar-refractivity contribution is -0.126. The van der Waals surface area contributed by atoms with Gasteiger partial charge in [0.15, 0.2) is 0 Å². The van der Waals surface area contributed by atoms with E-state index < -0.39 is 0 Å². The Balaban J connectivity index is 1.13. The van der Waals surface area contributed by atoms with Crippen LogP contribution in [0.5, 0.6) is 5.75 Å². The summed E-state index contributed by atoms with van der Waals surface area (Å²) < 4.78 is 11.2. The second-order valence-electron chi connectivity index (χ2n) is 9.49. The monoisotopic (exact) mass is 577 g/mol. The fourth-order valence-corrected chi connectivity index (χ4v) is 6.23. The number of rotatable bonds is 8. The second kappa shape index (κ2) is 12.3. The fraction of sp³-hybridized carbons (Fsp3) is 0.321. The van der Waals surface area contributed by atoms with Gasteiger partial charge in [0, 0.05) is 55.2 Å². The molecule has 3 aromatic heterocycles. The van der Waals surface area contributed by atoms with Crippen molar-refractivity contribution in [3.63, 3.8) is 0 Å². The van der Waals surface area contributed by atoms with Crippen molar-refractivity contribution in [1.29, 1.82) is 0 Å². The van der Waals surface area contributed by atoms with Crippen LogP contribution < -0.4 is 10.1 Å². The number of morpholine rings is 1. The molecule has 0 radical (unpaired) electrons. The second-order valence-corrected chi connectivity index (χ2v) is 11.0. The molecule has 10 nitrogen and oxygen atoms in total. The Morgan fingerprint density at radius 2 is 2.08 bits per heavy atom. The number of benzene rings is 1. The van der Waals surface area contributed by atoms with Crippen molar-refractivity contribution in [2.24, 2.45) is 0 Å². The smallest absolute Gasteiger partial charge is 0.246 e. The minimum atomic E-state index is 0.0389. The van der Waals surface area contributed by atoms with E-state index >= 15 is 0 Å². The van der Waals surface area contributed by atoms with E-state index in [1.807, 2.05) is 29.2 Å². The highest BCUT2D eigenvalue weighted by Gasteiger charge is 2.25. The highest BCUT2D eigenvalue weighted by Crippen LogP contribution is 2.38. The average Bonchev–Trinajstić information content (AvgIpc) is 3.37. The topological polar surface area (TPSA) is 106 Å². The number of carbonyl (C=O) groups is 1. The van der Waals surface area contributed by atoms with Crippen LogP contribution in [0, 0.1) is 0 Å². The Bertz CT molecular complexity index is 1530. The lowest BCUT2D eigenvalue weighted by atomic mass is 10.0. The van der Waals surface area contributed by atoms with Crippen LogP contribution in [-0.4, -0.2) is 75.0 Å². The van der Waals surface area contributed by atoms with E-state index in [-0.39, 0.29) is 12.5 Å². The third kappa shape index (κ3) is 6.07.